The average Bonchev–Trinajstić information content (AvgIpc) is 2.41. The first-order chi connectivity index (χ1) is 9.47. The van der Waals surface area contributed by atoms with Crippen LogP contribution in [0.1, 0.15) is 10.4 Å². The third-order valence-electron chi connectivity index (χ3n) is 2.32. The quantitative estimate of drug-likeness (QED) is 0.686. The molecule has 0 aliphatic carbocycles. The number of nitro groups is 1. The van der Waals surface area contributed by atoms with Gasteiger partial charge in [-0.1, -0.05) is 11.6 Å². The molecule has 0 saturated carbocycles. The number of aromatic nitrogens is 1. The molecule has 20 heavy (non-hydrogen) atoms. The number of carboxylic acids is 1. The van der Waals surface area contributed by atoms with Crippen molar-refractivity contribution < 1.29 is 19.6 Å². The molecule has 1 aromatic heterocycles. The Balaban J connectivity index is 2.34. The van der Waals surface area contributed by atoms with Crippen molar-refractivity contribution in [3.05, 3.63) is 57.2 Å². The summed E-state index contributed by atoms with van der Waals surface area (Å²) >= 11 is 5.86. The van der Waals surface area contributed by atoms with Crippen molar-refractivity contribution in [2.75, 3.05) is 0 Å². The fourth-order valence-corrected chi connectivity index (χ4v) is 1.55. The van der Waals surface area contributed by atoms with E-state index in [1.54, 1.807) is 0 Å². The Bertz CT molecular complexity index is 689. The van der Waals surface area contributed by atoms with Crippen LogP contribution in [0.2, 0.25) is 5.02 Å². The predicted octanol–water partition coefficient (Wildman–Crippen LogP) is 3.13. The zero-order chi connectivity index (χ0) is 14.7. The highest BCUT2D eigenvalue weighted by Crippen LogP contribution is 2.32. The zero-order valence-corrected chi connectivity index (χ0v) is 10.6. The van der Waals surface area contributed by atoms with E-state index in [2.05, 4.69) is 4.98 Å². The van der Waals surface area contributed by atoms with Gasteiger partial charge in [0.15, 0.2) is 5.75 Å². The van der Waals surface area contributed by atoms with E-state index in [1.807, 2.05) is 0 Å². The van der Waals surface area contributed by atoms with Crippen molar-refractivity contribution in [2.24, 2.45) is 0 Å². The highest BCUT2D eigenvalue weighted by Gasteiger charge is 2.13. The van der Waals surface area contributed by atoms with E-state index in [-0.39, 0.29) is 27.9 Å². The molecule has 0 aliphatic heterocycles. The molecule has 0 atom stereocenters. The lowest BCUT2D eigenvalue weighted by Crippen LogP contribution is -1.98. The number of aromatic carboxylic acids is 1. The Morgan fingerprint density at radius 3 is 2.75 bits per heavy atom. The third-order valence-corrected chi connectivity index (χ3v) is 2.63. The maximum atomic E-state index is 10.8. The van der Waals surface area contributed by atoms with Crippen molar-refractivity contribution in [3.8, 4) is 11.6 Å². The minimum Gasteiger partial charge on any atom is -0.478 e. The Morgan fingerprint density at radius 1 is 1.35 bits per heavy atom. The number of halogens is 1. The largest absolute Gasteiger partial charge is 0.478 e. The minimum atomic E-state index is -1.14. The van der Waals surface area contributed by atoms with Crippen LogP contribution in [-0.2, 0) is 0 Å². The van der Waals surface area contributed by atoms with E-state index < -0.39 is 10.9 Å². The first kappa shape index (κ1) is 13.8. The molecule has 0 amide bonds. The van der Waals surface area contributed by atoms with Gasteiger partial charge in [0.25, 0.3) is 5.69 Å². The molecule has 1 N–H and O–H groups in total. The van der Waals surface area contributed by atoms with Gasteiger partial charge in [-0.15, -0.1) is 0 Å². The Morgan fingerprint density at radius 2 is 2.10 bits per heavy atom. The maximum absolute atomic E-state index is 10.8. The average molecular weight is 295 g/mol. The Labute approximate surface area is 117 Å². The van der Waals surface area contributed by atoms with E-state index >= 15 is 0 Å². The minimum absolute atomic E-state index is 0.0171. The lowest BCUT2D eigenvalue weighted by atomic mass is 10.2. The highest BCUT2D eigenvalue weighted by atomic mass is 35.5. The Hall–Kier alpha value is -2.67. The lowest BCUT2D eigenvalue weighted by molar-refractivity contribution is -0.384. The van der Waals surface area contributed by atoms with Crippen LogP contribution >= 0.6 is 11.6 Å². The molecule has 2 rings (SSSR count). The molecule has 0 bridgehead atoms. The van der Waals surface area contributed by atoms with Gasteiger partial charge in [0.1, 0.15) is 0 Å². The van der Waals surface area contributed by atoms with E-state index in [0.717, 1.165) is 6.07 Å². The smallest absolute Gasteiger partial charge is 0.335 e. The summed E-state index contributed by atoms with van der Waals surface area (Å²) < 4.78 is 5.28. The molecule has 0 aliphatic rings. The molecule has 8 heteroatoms. The van der Waals surface area contributed by atoms with Gasteiger partial charge >= 0.3 is 5.97 Å². The lowest BCUT2D eigenvalue weighted by Gasteiger charge is -2.06. The number of rotatable bonds is 4. The van der Waals surface area contributed by atoms with Gasteiger partial charge in [0.2, 0.25) is 5.88 Å². The molecule has 0 fully saturated rings. The fraction of sp³-hybridized carbons (Fsp3) is 0. The summed E-state index contributed by atoms with van der Waals surface area (Å²) in [5, 5.41) is 19.7. The van der Waals surface area contributed by atoms with E-state index in [4.69, 9.17) is 21.4 Å². The van der Waals surface area contributed by atoms with Gasteiger partial charge in [-0.25, -0.2) is 9.78 Å². The molecule has 0 unspecified atom stereocenters. The van der Waals surface area contributed by atoms with Crippen molar-refractivity contribution in [1.82, 2.24) is 4.98 Å². The number of nitro benzene ring substituents is 1. The van der Waals surface area contributed by atoms with Crippen LogP contribution in [0.4, 0.5) is 5.69 Å². The molecular weight excluding hydrogens is 288 g/mol. The Kier molecular flexibility index (Phi) is 3.81. The standard InChI is InChI=1S/C12H7ClN2O5/c13-9-2-1-8(15(18)19)6-10(9)20-11-5-7(12(16)17)3-4-14-11/h1-6H,(H,16,17). The number of nitrogens with zero attached hydrogens (tertiary/aromatic N) is 2. The van der Waals surface area contributed by atoms with Crippen molar-refractivity contribution in [1.29, 1.82) is 0 Å². The monoisotopic (exact) mass is 294 g/mol. The second-order valence-electron chi connectivity index (χ2n) is 3.66. The molecule has 0 saturated heterocycles. The second kappa shape index (κ2) is 5.54. The van der Waals surface area contributed by atoms with E-state index in [9.17, 15) is 14.9 Å². The summed E-state index contributed by atoms with van der Waals surface area (Å²) in [6, 6.07) is 6.17. The number of ether oxygens (including phenoxy) is 1. The number of carboxylic acid groups (broad SMARTS) is 1. The summed E-state index contributed by atoms with van der Waals surface area (Å²) in [5.74, 6) is -1.13. The molecule has 0 radical (unpaired) electrons. The van der Waals surface area contributed by atoms with Gasteiger partial charge in [-0.3, -0.25) is 10.1 Å². The van der Waals surface area contributed by atoms with E-state index in [1.165, 1.54) is 30.5 Å². The molecule has 1 heterocycles. The molecule has 102 valence electrons. The first-order valence-electron chi connectivity index (χ1n) is 5.28. The van der Waals surface area contributed by atoms with Crippen molar-refractivity contribution >= 4 is 23.3 Å². The zero-order valence-electron chi connectivity index (χ0n) is 9.82. The van der Waals surface area contributed by atoms with Gasteiger partial charge in [-0.2, -0.15) is 0 Å². The van der Waals surface area contributed by atoms with Gasteiger partial charge in [-0.05, 0) is 12.1 Å². The van der Waals surface area contributed by atoms with Crippen LogP contribution in [0.3, 0.4) is 0 Å². The SMILES string of the molecule is O=C(O)c1ccnc(Oc2cc([N+](=O)[O-])ccc2Cl)c1. The third kappa shape index (κ3) is 3.01. The van der Waals surface area contributed by atoms with E-state index in [0.29, 0.717) is 0 Å². The van der Waals surface area contributed by atoms with Crippen LogP contribution in [0, 0.1) is 10.1 Å². The fourth-order valence-electron chi connectivity index (χ4n) is 1.39. The molecule has 1 aromatic carbocycles. The first-order valence-corrected chi connectivity index (χ1v) is 5.66. The van der Waals surface area contributed by atoms with Gasteiger partial charge < -0.3 is 9.84 Å². The summed E-state index contributed by atoms with van der Waals surface area (Å²) in [7, 11) is 0. The molecule has 0 spiro atoms. The maximum Gasteiger partial charge on any atom is 0.335 e. The van der Waals surface area contributed by atoms with Crippen LogP contribution in [0.25, 0.3) is 0 Å². The number of carbonyl (C=O) groups is 1. The molecule has 7 nitrogen and oxygen atoms in total. The van der Waals surface area contributed by atoms with Crippen LogP contribution < -0.4 is 4.74 Å². The van der Waals surface area contributed by atoms with Gasteiger partial charge in [0.05, 0.1) is 21.6 Å². The summed E-state index contributed by atoms with van der Waals surface area (Å²) in [6.45, 7) is 0. The van der Waals surface area contributed by atoms with Crippen LogP contribution in [0.5, 0.6) is 11.6 Å². The highest BCUT2D eigenvalue weighted by molar-refractivity contribution is 6.32. The summed E-state index contributed by atoms with van der Waals surface area (Å²) in [6.07, 6.45) is 1.25. The number of hydrogen-bond donors (Lipinski definition) is 1. The van der Waals surface area contributed by atoms with Crippen molar-refractivity contribution in [2.45, 2.75) is 0 Å². The van der Waals surface area contributed by atoms with Crippen LogP contribution in [0.15, 0.2) is 36.5 Å². The number of pyridine rings is 1. The summed E-state index contributed by atoms with van der Waals surface area (Å²) in [4.78, 5) is 24.7. The van der Waals surface area contributed by atoms with Crippen LogP contribution in [-0.4, -0.2) is 21.0 Å². The number of benzene rings is 1. The summed E-state index contributed by atoms with van der Waals surface area (Å²) in [5.41, 5.74) is -0.213. The molecular formula is C12H7ClN2O5. The predicted molar refractivity (Wildman–Crippen MR) is 69.4 cm³/mol. The number of hydrogen-bond acceptors (Lipinski definition) is 5. The second-order valence-corrected chi connectivity index (χ2v) is 4.07. The molecule has 2 aromatic rings. The topological polar surface area (TPSA) is 103 Å². The normalized spacial score (nSPS) is 10.1. The number of non-ortho nitro benzene ring substituents is 1. The van der Waals surface area contributed by atoms with Gasteiger partial charge in [0, 0.05) is 18.3 Å². The van der Waals surface area contributed by atoms with Crippen molar-refractivity contribution in [3.63, 3.8) is 0 Å².